The Morgan fingerprint density at radius 1 is 1.57 bits per heavy atom. The average molecular weight is 209 g/mol. The van der Waals surface area contributed by atoms with Gasteiger partial charge in [0.1, 0.15) is 0 Å². The highest BCUT2D eigenvalue weighted by Crippen LogP contribution is 2.17. The Morgan fingerprint density at radius 3 is 2.86 bits per heavy atom. The molecule has 0 unspecified atom stereocenters. The van der Waals surface area contributed by atoms with Crippen molar-refractivity contribution in [3.05, 3.63) is 18.0 Å². The predicted molar refractivity (Wildman–Crippen MR) is 60.4 cm³/mol. The molecule has 0 spiro atoms. The van der Waals surface area contributed by atoms with E-state index >= 15 is 0 Å². The fourth-order valence-corrected chi connectivity index (χ4v) is 2.10. The van der Waals surface area contributed by atoms with E-state index in [9.17, 15) is 0 Å². The summed E-state index contributed by atoms with van der Waals surface area (Å²) in [4.78, 5) is 0. The zero-order valence-electron chi connectivity index (χ0n) is 8.36. The third-order valence-electron chi connectivity index (χ3n) is 2.60. The average Bonchev–Trinajstić information content (AvgIpc) is 2.75. The standard InChI is InChI=1S/C10H15N3S/c1-8-6-11-13(7-8)10(14)12-9-4-2-3-5-9/h6-7,9H,2-5H2,1H3,(H,12,14). The Hall–Kier alpha value is -0.900. The summed E-state index contributed by atoms with van der Waals surface area (Å²) in [6.07, 6.45) is 8.88. The summed E-state index contributed by atoms with van der Waals surface area (Å²) < 4.78 is 1.74. The number of rotatable bonds is 1. The van der Waals surface area contributed by atoms with Crippen LogP contribution in [0.3, 0.4) is 0 Å². The molecule has 0 bridgehead atoms. The van der Waals surface area contributed by atoms with Crippen molar-refractivity contribution >= 4 is 17.3 Å². The van der Waals surface area contributed by atoms with Crippen LogP contribution in [0.25, 0.3) is 0 Å². The lowest BCUT2D eigenvalue weighted by Gasteiger charge is -2.13. The van der Waals surface area contributed by atoms with Gasteiger partial charge in [-0.3, -0.25) is 0 Å². The number of hydrogen-bond acceptors (Lipinski definition) is 2. The van der Waals surface area contributed by atoms with Crippen molar-refractivity contribution in [3.63, 3.8) is 0 Å². The Kier molecular flexibility index (Phi) is 2.82. The molecule has 0 aliphatic heterocycles. The van der Waals surface area contributed by atoms with Gasteiger partial charge in [0.05, 0.1) is 6.20 Å². The molecule has 0 saturated heterocycles. The van der Waals surface area contributed by atoms with Crippen molar-refractivity contribution in [1.29, 1.82) is 0 Å². The third kappa shape index (κ3) is 2.12. The Balaban J connectivity index is 1.95. The smallest absolute Gasteiger partial charge is 0.194 e. The first kappa shape index (κ1) is 9.65. The molecule has 14 heavy (non-hydrogen) atoms. The molecule has 0 atom stereocenters. The highest BCUT2D eigenvalue weighted by Gasteiger charge is 2.16. The van der Waals surface area contributed by atoms with Crippen molar-refractivity contribution < 1.29 is 0 Å². The summed E-state index contributed by atoms with van der Waals surface area (Å²) in [7, 11) is 0. The quantitative estimate of drug-likeness (QED) is 0.716. The van der Waals surface area contributed by atoms with Gasteiger partial charge in [0.15, 0.2) is 5.11 Å². The summed E-state index contributed by atoms with van der Waals surface area (Å²) in [5, 5.41) is 8.24. The van der Waals surface area contributed by atoms with Crippen LogP contribution in [0.5, 0.6) is 0 Å². The second-order valence-corrected chi connectivity index (χ2v) is 4.28. The van der Waals surface area contributed by atoms with E-state index in [4.69, 9.17) is 12.2 Å². The first-order valence-corrected chi connectivity index (χ1v) is 5.48. The Morgan fingerprint density at radius 2 is 2.29 bits per heavy atom. The van der Waals surface area contributed by atoms with E-state index in [0.29, 0.717) is 6.04 Å². The maximum absolute atomic E-state index is 5.26. The molecule has 1 saturated carbocycles. The number of thiocarbonyl (C=S) groups is 1. The number of nitrogens with one attached hydrogen (secondary N) is 1. The number of aromatic nitrogens is 2. The van der Waals surface area contributed by atoms with Gasteiger partial charge in [-0.1, -0.05) is 12.8 Å². The second-order valence-electron chi connectivity index (χ2n) is 3.89. The first-order chi connectivity index (χ1) is 6.75. The van der Waals surface area contributed by atoms with Crippen LogP contribution in [-0.4, -0.2) is 20.9 Å². The van der Waals surface area contributed by atoms with Gasteiger partial charge < -0.3 is 5.32 Å². The molecule has 3 nitrogen and oxygen atoms in total. The zero-order valence-corrected chi connectivity index (χ0v) is 9.18. The van der Waals surface area contributed by atoms with E-state index in [1.54, 1.807) is 4.68 Å². The molecule has 1 aromatic rings. The normalized spacial score (nSPS) is 17.2. The van der Waals surface area contributed by atoms with Crippen LogP contribution in [0.2, 0.25) is 0 Å². The first-order valence-electron chi connectivity index (χ1n) is 5.08. The van der Waals surface area contributed by atoms with Crippen LogP contribution in [0, 0.1) is 6.92 Å². The highest BCUT2D eigenvalue weighted by atomic mass is 32.1. The molecule has 0 aromatic carbocycles. The molecular formula is C10H15N3S. The zero-order chi connectivity index (χ0) is 9.97. The van der Waals surface area contributed by atoms with Gasteiger partial charge in [-0.2, -0.15) is 5.10 Å². The minimum atomic E-state index is 0.562. The number of nitrogens with zero attached hydrogens (tertiary/aromatic N) is 2. The summed E-state index contributed by atoms with van der Waals surface area (Å²) in [6.45, 7) is 2.02. The monoisotopic (exact) mass is 209 g/mol. The van der Waals surface area contributed by atoms with Gasteiger partial charge >= 0.3 is 0 Å². The van der Waals surface area contributed by atoms with Crippen molar-refractivity contribution in [1.82, 2.24) is 15.1 Å². The lowest BCUT2D eigenvalue weighted by molar-refractivity contribution is 0.620. The van der Waals surface area contributed by atoms with E-state index in [2.05, 4.69) is 10.4 Å². The second kappa shape index (κ2) is 4.09. The Labute approximate surface area is 89.5 Å². The van der Waals surface area contributed by atoms with Gasteiger partial charge in [0.25, 0.3) is 0 Å². The van der Waals surface area contributed by atoms with Gasteiger partial charge in [-0.25, -0.2) is 4.68 Å². The SMILES string of the molecule is Cc1cnn(C(=S)NC2CCCC2)c1. The number of aryl methyl sites for hydroxylation is 1. The predicted octanol–water partition coefficient (Wildman–Crippen LogP) is 1.86. The van der Waals surface area contributed by atoms with Gasteiger partial charge in [-0.05, 0) is 37.5 Å². The third-order valence-corrected chi connectivity index (χ3v) is 2.91. The molecule has 0 amide bonds. The molecule has 76 valence electrons. The fourth-order valence-electron chi connectivity index (χ4n) is 1.83. The van der Waals surface area contributed by atoms with Crippen molar-refractivity contribution in [3.8, 4) is 0 Å². The molecule has 1 fully saturated rings. The van der Waals surface area contributed by atoms with Gasteiger partial charge in [-0.15, -0.1) is 0 Å². The van der Waals surface area contributed by atoms with E-state index in [0.717, 1.165) is 10.7 Å². The van der Waals surface area contributed by atoms with E-state index in [1.165, 1.54) is 25.7 Å². The maximum atomic E-state index is 5.26. The summed E-state index contributed by atoms with van der Waals surface area (Å²) in [5.74, 6) is 0. The largest absolute Gasteiger partial charge is 0.358 e. The molecule has 1 heterocycles. The topological polar surface area (TPSA) is 29.9 Å². The number of hydrogen-bond donors (Lipinski definition) is 1. The molecule has 1 aliphatic rings. The summed E-state index contributed by atoms with van der Waals surface area (Å²) in [6, 6.07) is 0.562. The van der Waals surface area contributed by atoms with Crippen LogP contribution in [-0.2, 0) is 0 Å². The van der Waals surface area contributed by atoms with E-state index in [1.807, 2.05) is 19.3 Å². The molecular weight excluding hydrogens is 194 g/mol. The molecule has 1 aliphatic carbocycles. The summed E-state index contributed by atoms with van der Waals surface area (Å²) >= 11 is 5.26. The van der Waals surface area contributed by atoms with Crippen molar-refractivity contribution in [2.24, 2.45) is 0 Å². The van der Waals surface area contributed by atoms with Crippen LogP contribution < -0.4 is 5.32 Å². The van der Waals surface area contributed by atoms with E-state index < -0.39 is 0 Å². The van der Waals surface area contributed by atoms with Crippen molar-refractivity contribution in [2.75, 3.05) is 0 Å². The van der Waals surface area contributed by atoms with Crippen LogP contribution in [0.1, 0.15) is 31.2 Å². The maximum Gasteiger partial charge on any atom is 0.194 e. The molecule has 4 heteroatoms. The Bertz CT molecular complexity index is 326. The van der Waals surface area contributed by atoms with Crippen LogP contribution >= 0.6 is 12.2 Å². The fraction of sp³-hybridized carbons (Fsp3) is 0.600. The molecule has 1 aromatic heterocycles. The van der Waals surface area contributed by atoms with Gasteiger partial charge in [0.2, 0.25) is 0 Å². The van der Waals surface area contributed by atoms with E-state index in [-0.39, 0.29) is 0 Å². The highest BCUT2D eigenvalue weighted by molar-refractivity contribution is 7.80. The molecule has 1 N–H and O–H groups in total. The lowest BCUT2D eigenvalue weighted by atomic mass is 10.3. The van der Waals surface area contributed by atoms with Crippen molar-refractivity contribution in [2.45, 2.75) is 38.6 Å². The molecule has 0 radical (unpaired) electrons. The minimum absolute atomic E-state index is 0.562. The summed E-state index contributed by atoms with van der Waals surface area (Å²) in [5.41, 5.74) is 1.14. The van der Waals surface area contributed by atoms with Crippen LogP contribution in [0.4, 0.5) is 0 Å². The van der Waals surface area contributed by atoms with Gasteiger partial charge in [0, 0.05) is 12.2 Å². The molecule has 2 rings (SSSR count). The minimum Gasteiger partial charge on any atom is -0.358 e. The van der Waals surface area contributed by atoms with Crippen LogP contribution in [0.15, 0.2) is 12.4 Å². The lowest BCUT2D eigenvalue weighted by Crippen LogP contribution is -2.35.